The Morgan fingerprint density at radius 1 is 0.650 bits per heavy atom. The van der Waals surface area contributed by atoms with Crippen LogP contribution in [-0.2, 0) is 4.74 Å². The second-order valence-electron chi connectivity index (χ2n) is 8.58. The van der Waals surface area contributed by atoms with Crippen molar-refractivity contribution in [1.82, 2.24) is 0 Å². The quantitative estimate of drug-likeness (QED) is 0.114. The standard InChI is InChI=1S/C30H17Cl2NO7/c31-24-14-22-23(15-25(24)32)28(36)33(27(22)35)20-10-6-19(7-11-20)29(37)39-16-26(34)17-8-12-21(13-9-17)40-30(38)18-4-2-1-3-5-18/h1-15H,16H2. The number of hydrogen-bond acceptors (Lipinski definition) is 7. The molecule has 0 aliphatic carbocycles. The van der Waals surface area contributed by atoms with Crippen molar-refractivity contribution in [3.63, 3.8) is 0 Å². The fraction of sp³-hybridized carbons (Fsp3) is 0.0333. The van der Waals surface area contributed by atoms with E-state index in [-0.39, 0.29) is 43.7 Å². The number of nitrogens with zero attached hydrogens (tertiary/aromatic N) is 1. The average molecular weight is 574 g/mol. The molecule has 0 fully saturated rings. The summed E-state index contributed by atoms with van der Waals surface area (Å²) < 4.78 is 10.4. The van der Waals surface area contributed by atoms with Crippen LogP contribution < -0.4 is 9.64 Å². The van der Waals surface area contributed by atoms with Gasteiger partial charge in [-0.25, -0.2) is 14.5 Å². The van der Waals surface area contributed by atoms with E-state index in [1.807, 2.05) is 0 Å². The molecule has 198 valence electrons. The van der Waals surface area contributed by atoms with Crippen molar-refractivity contribution in [3.8, 4) is 5.75 Å². The molecule has 0 atom stereocenters. The average Bonchev–Trinajstić information content (AvgIpc) is 3.21. The summed E-state index contributed by atoms with van der Waals surface area (Å²) in [6.45, 7) is -0.524. The number of carbonyl (C=O) groups excluding carboxylic acids is 5. The highest BCUT2D eigenvalue weighted by Gasteiger charge is 2.37. The topological polar surface area (TPSA) is 107 Å². The van der Waals surface area contributed by atoms with E-state index in [9.17, 15) is 24.0 Å². The van der Waals surface area contributed by atoms with Gasteiger partial charge >= 0.3 is 11.9 Å². The van der Waals surface area contributed by atoms with Crippen LogP contribution in [0.2, 0.25) is 10.0 Å². The summed E-state index contributed by atoms with van der Waals surface area (Å²) in [5, 5.41) is 0.303. The molecule has 4 aromatic rings. The monoisotopic (exact) mass is 573 g/mol. The lowest BCUT2D eigenvalue weighted by molar-refractivity contribution is 0.0474. The Kier molecular flexibility index (Phi) is 7.46. The highest BCUT2D eigenvalue weighted by Crippen LogP contribution is 2.34. The zero-order chi connectivity index (χ0) is 28.4. The van der Waals surface area contributed by atoms with Gasteiger partial charge in [0.15, 0.2) is 12.4 Å². The summed E-state index contributed by atoms with van der Waals surface area (Å²) in [6, 6.07) is 22.6. The second-order valence-corrected chi connectivity index (χ2v) is 9.40. The number of fused-ring (bicyclic) bond motifs is 1. The van der Waals surface area contributed by atoms with Crippen LogP contribution in [0, 0.1) is 0 Å². The van der Waals surface area contributed by atoms with Crippen LogP contribution >= 0.6 is 23.2 Å². The number of ether oxygens (including phenoxy) is 2. The second kappa shape index (κ2) is 11.1. The van der Waals surface area contributed by atoms with Crippen molar-refractivity contribution in [2.45, 2.75) is 0 Å². The molecule has 1 aliphatic heterocycles. The molecule has 2 amide bonds. The SMILES string of the molecule is O=C(COC(=O)c1ccc(N2C(=O)c3cc(Cl)c(Cl)cc3C2=O)cc1)c1ccc(OC(=O)c2ccccc2)cc1. The predicted molar refractivity (Wildman–Crippen MR) is 146 cm³/mol. The fourth-order valence-corrected chi connectivity index (χ4v) is 4.29. The maximum Gasteiger partial charge on any atom is 0.343 e. The van der Waals surface area contributed by atoms with Crippen LogP contribution in [0.3, 0.4) is 0 Å². The van der Waals surface area contributed by atoms with Crippen molar-refractivity contribution in [3.05, 3.63) is 129 Å². The maximum atomic E-state index is 12.8. The minimum absolute atomic E-state index is 0.113. The van der Waals surface area contributed by atoms with Crippen molar-refractivity contribution in [2.24, 2.45) is 0 Å². The van der Waals surface area contributed by atoms with Gasteiger partial charge in [0.2, 0.25) is 0 Å². The summed E-state index contributed by atoms with van der Waals surface area (Å²) in [7, 11) is 0. The predicted octanol–water partition coefficient (Wildman–Crippen LogP) is 6.05. The molecule has 1 aliphatic rings. The highest BCUT2D eigenvalue weighted by atomic mass is 35.5. The molecule has 0 spiro atoms. The number of rotatable bonds is 7. The molecule has 0 unspecified atom stereocenters. The van der Waals surface area contributed by atoms with Gasteiger partial charge in [-0.3, -0.25) is 14.4 Å². The molecule has 40 heavy (non-hydrogen) atoms. The first kappa shape index (κ1) is 26.8. The largest absolute Gasteiger partial charge is 0.454 e. The van der Waals surface area contributed by atoms with E-state index in [1.54, 1.807) is 30.3 Å². The summed E-state index contributed by atoms with van der Waals surface area (Å²) in [5.41, 5.74) is 1.25. The van der Waals surface area contributed by atoms with Gasteiger partial charge in [0.1, 0.15) is 5.75 Å². The minimum Gasteiger partial charge on any atom is -0.454 e. The number of hydrogen-bond donors (Lipinski definition) is 0. The van der Waals surface area contributed by atoms with Gasteiger partial charge in [-0.05, 0) is 72.8 Å². The Morgan fingerprint density at radius 3 is 1.75 bits per heavy atom. The van der Waals surface area contributed by atoms with Crippen LogP contribution in [-0.4, -0.2) is 36.1 Å². The summed E-state index contributed by atoms with van der Waals surface area (Å²) in [4.78, 5) is 63.7. The molecule has 1 heterocycles. The summed E-state index contributed by atoms with van der Waals surface area (Å²) in [5.74, 6) is -2.65. The number of amides is 2. The zero-order valence-electron chi connectivity index (χ0n) is 20.4. The van der Waals surface area contributed by atoms with Gasteiger partial charge in [0.05, 0.1) is 38.0 Å². The maximum absolute atomic E-state index is 12.8. The Bertz CT molecular complexity index is 1630. The molecule has 0 N–H and O–H groups in total. The minimum atomic E-state index is -0.769. The number of carbonyl (C=O) groups is 5. The molecule has 5 rings (SSSR count). The van der Waals surface area contributed by atoms with E-state index in [1.165, 1.54) is 60.7 Å². The molecular weight excluding hydrogens is 557 g/mol. The number of ketones is 1. The molecule has 0 aromatic heterocycles. The lowest BCUT2D eigenvalue weighted by Crippen LogP contribution is -2.29. The van der Waals surface area contributed by atoms with Gasteiger partial charge in [-0.15, -0.1) is 0 Å². The smallest absolute Gasteiger partial charge is 0.343 e. The molecule has 8 nitrogen and oxygen atoms in total. The van der Waals surface area contributed by atoms with Crippen LogP contribution in [0.25, 0.3) is 0 Å². The Morgan fingerprint density at radius 2 is 1.18 bits per heavy atom. The van der Waals surface area contributed by atoms with E-state index in [0.29, 0.717) is 5.56 Å². The number of anilines is 1. The van der Waals surface area contributed by atoms with Crippen molar-refractivity contribution >= 4 is 58.4 Å². The summed E-state index contributed by atoms with van der Waals surface area (Å²) >= 11 is 12.0. The molecule has 0 saturated heterocycles. The number of Topliss-reactive ketones (excluding diaryl/α,β-unsaturated/α-hetero) is 1. The Labute approximate surface area is 237 Å². The lowest BCUT2D eigenvalue weighted by atomic mass is 10.1. The van der Waals surface area contributed by atoms with Gasteiger partial charge in [-0.2, -0.15) is 0 Å². The molecule has 0 radical (unpaired) electrons. The first-order valence-corrected chi connectivity index (χ1v) is 12.5. The first-order chi connectivity index (χ1) is 19.2. The Hall–Kier alpha value is -4.79. The molecular formula is C30H17Cl2NO7. The summed E-state index contributed by atoms with van der Waals surface area (Å²) in [6.07, 6.45) is 0. The number of benzene rings is 4. The zero-order valence-corrected chi connectivity index (χ0v) is 21.9. The molecule has 10 heteroatoms. The third-order valence-corrected chi connectivity index (χ3v) is 6.74. The van der Waals surface area contributed by atoms with E-state index >= 15 is 0 Å². The van der Waals surface area contributed by atoms with Crippen LogP contribution in [0.4, 0.5) is 5.69 Å². The van der Waals surface area contributed by atoms with E-state index in [4.69, 9.17) is 32.7 Å². The van der Waals surface area contributed by atoms with Gasteiger partial charge < -0.3 is 9.47 Å². The molecule has 4 aromatic carbocycles. The van der Waals surface area contributed by atoms with Crippen LogP contribution in [0.1, 0.15) is 51.8 Å². The number of halogens is 2. The third-order valence-electron chi connectivity index (χ3n) is 6.02. The third kappa shape index (κ3) is 5.36. The normalized spacial score (nSPS) is 12.2. The molecule has 0 saturated carbocycles. The van der Waals surface area contributed by atoms with Crippen molar-refractivity contribution < 1.29 is 33.4 Å². The van der Waals surface area contributed by atoms with E-state index in [2.05, 4.69) is 0 Å². The number of imide groups is 1. The van der Waals surface area contributed by atoms with E-state index < -0.39 is 36.1 Å². The van der Waals surface area contributed by atoms with Crippen molar-refractivity contribution in [1.29, 1.82) is 0 Å². The van der Waals surface area contributed by atoms with Crippen molar-refractivity contribution in [2.75, 3.05) is 11.5 Å². The number of esters is 2. The first-order valence-electron chi connectivity index (χ1n) is 11.8. The lowest BCUT2D eigenvalue weighted by Gasteiger charge is -2.14. The van der Waals surface area contributed by atoms with Gasteiger partial charge in [0.25, 0.3) is 11.8 Å². The van der Waals surface area contributed by atoms with Gasteiger partial charge in [0, 0.05) is 5.56 Å². The van der Waals surface area contributed by atoms with E-state index in [0.717, 1.165) is 4.90 Å². The van der Waals surface area contributed by atoms with Crippen LogP contribution in [0.15, 0.2) is 91.0 Å². The van der Waals surface area contributed by atoms with Gasteiger partial charge in [-0.1, -0.05) is 41.4 Å². The fourth-order valence-electron chi connectivity index (χ4n) is 3.96. The molecule has 0 bridgehead atoms. The Balaban J connectivity index is 1.18. The highest BCUT2D eigenvalue weighted by molar-refractivity contribution is 6.44. The van der Waals surface area contributed by atoms with Crippen LogP contribution in [0.5, 0.6) is 5.75 Å².